The molecule has 1 aliphatic rings. The molecule has 0 atom stereocenters. The van der Waals surface area contributed by atoms with E-state index in [0.717, 1.165) is 10.4 Å². The van der Waals surface area contributed by atoms with Gasteiger partial charge < -0.3 is 4.90 Å². The van der Waals surface area contributed by atoms with Crippen molar-refractivity contribution in [1.82, 2.24) is 18.6 Å². The van der Waals surface area contributed by atoms with Gasteiger partial charge in [-0.2, -0.15) is 4.31 Å². The molecule has 10 heteroatoms. The number of carbonyl (C=O) groups is 1. The number of aromatic nitrogens is 2. The molecule has 0 bridgehead atoms. The molecule has 4 rings (SSSR count). The van der Waals surface area contributed by atoms with Gasteiger partial charge in [0.05, 0.1) is 0 Å². The minimum atomic E-state index is -4.00. The summed E-state index contributed by atoms with van der Waals surface area (Å²) >= 11 is 0. The molecule has 0 aliphatic carbocycles. The largest absolute Gasteiger partial charge is 0.336 e. The smallest absolute Gasteiger partial charge is 0.270 e. The maximum atomic E-state index is 13.9. The molecule has 0 radical (unpaired) electrons. The zero-order chi connectivity index (χ0) is 20.6. The quantitative estimate of drug-likeness (QED) is 0.635. The zero-order valence-electron chi connectivity index (χ0n) is 15.2. The lowest BCUT2D eigenvalue weighted by Crippen LogP contribution is -2.51. The van der Waals surface area contributed by atoms with Crippen LogP contribution in [0.1, 0.15) is 10.4 Å². The van der Waals surface area contributed by atoms with Crippen LogP contribution in [0, 0.1) is 5.82 Å². The van der Waals surface area contributed by atoms with Crippen molar-refractivity contribution >= 4 is 21.6 Å². The van der Waals surface area contributed by atoms with Gasteiger partial charge in [-0.1, -0.05) is 18.2 Å². The number of sulfonamides is 1. The van der Waals surface area contributed by atoms with Gasteiger partial charge in [-0.15, -0.1) is 0 Å². The van der Waals surface area contributed by atoms with Crippen LogP contribution < -0.4 is 5.56 Å². The van der Waals surface area contributed by atoms with E-state index in [1.807, 2.05) is 0 Å². The molecule has 1 amide bonds. The molecule has 29 heavy (non-hydrogen) atoms. The summed E-state index contributed by atoms with van der Waals surface area (Å²) in [5, 5.41) is 0. The van der Waals surface area contributed by atoms with E-state index in [-0.39, 0.29) is 31.7 Å². The summed E-state index contributed by atoms with van der Waals surface area (Å²) < 4.78 is 41.7. The van der Waals surface area contributed by atoms with Crippen molar-refractivity contribution in [3.05, 3.63) is 76.6 Å². The second-order valence-electron chi connectivity index (χ2n) is 6.53. The van der Waals surface area contributed by atoms with E-state index >= 15 is 0 Å². The fourth-order valence-corrected chi connectivity index (χ4v) is 4.76. The van der Waals surface area contributed by atoms with E-state index in [2.05, 4.69) is 4.98 Å². The van der Waals surface area contributed by atoms with Crippen LogP contribution in [-0.2, 0) is 10.0 Å². The minimum absolute atomic E-state index is 0.00471. The van der Waals surface area contributed by atoms with E-state index in [1.54, 1.807) is 18.2 Å². The number of benzene rings is 1. The highest BCUT2D eigenvalue weighted by Gasteiger charge is 2.32. The van der Waals surface area contributed by atoms with Gasteiger partial charge in [0, 0.05) is 38.6 Å². The number of piperazine rings is 1. The number of hydrogen-bond donors (Lipinski definition) is 0. The predicted octanol–water partition coefficient (Wildman–Crippen LogP) is 0.980. The summed E-state index contributed by atoms with van der Waals surface area (Å²) in [5.74, 6) is -1.33. The van der Waals surface area contributed by atoms with Crippen molar-refractivity contribution in [2.75, 3.05) is 26.2 Å². The predicted molar refractivity (Wildman–Crippen MR) is 103 cm³/mol. The van der Waals surface area contributed by atoms with E-state index in [4.69, 9.17) is 0 Å². The lowest BCUT2D eigenvalue weighted by molar-refractivity contribution is 0.0695. The molecule has 0 unspecified atom stereocenters. The van der Waals surface area contributed by atoms with Gasteiger partial charge in [-0.05, 0) is 24.3 Å². The van der Waals surface area contributed by atoms with Crippen molar-refractivity contribution in [3.63, 3.8) is 0 Å². The highest BCUT2D eigenvalue weighted by atomic mass is 32.2. The Bertz CT molecular complexity index is 1250. The van der Waals surface area contributed by atoms with Crippen LogP contribution >= 0.6 is 0 Å². The molecule has 8 nitrogen and oxygen atoms in total. The first kappa shape index (κ1) is 19.2. The van der Waals surface area contributed by atoms with Crippen molar-refractivity contribution in [2.45, 2.75) is 4.90 Å². The van der Waals surface area contributed by atoms with E-state index in [1.165, 1.54) is 39.9 Å². The molecule has 3 aromatic rings. The maximum Gasteiger partial charge on any atom is 0.270 e. The summed E-state index contributed by atoms with van der Waals surface area (Å²) in [6.45, 7) is 0.183. The van der Waals surface area contributed by atoms with Crippen LogP contribution in [0.3, 0.4) is 0 Å². The highest BCUT2D eigenvalue weighted by molar-refractivity contribution is 7.89. The normalized spacial score (nSPS) is 15.6. The summed E-state index contributed by atoms with van der Waals surface area (Å²) in [6.07, 6.45) is 2.77. The Morgan fingerprint density at radius 1 is 1.00 bits per heavy atom. The number of carbonyl (C=O) groups excluding carboxylic acids is 1. The third-order valence-electron chi connectivity index (χ3n) is 4.82. The van der Waals surface area contributed by atoms with Crippen LogP contribution in [0.15, 0.2) is 64.5 Å². The molecule has 0 saturated carbocycles. The molecular weight excluding hydrogens is 399 g/mol. The Balaban J connectivity index is 1.53. The molecule has 1 aromatic carbocycles. The fourth-order valence-electron chi connectivity index (χ4n) is 3.27. The first-order valence-corrected chi connectivity index (χ1v) is 10.3. The van der Waals surface area contributed by atoms with Gasteiger partial charge in [-0.3, -0.25) is 14.0 Å². The van der Waals surface area contributed by atoms with Crippen LogP contribution in [-0.4, -0.2) is 59.1 Å². The number of rotatable bonds is 3. The summed E-state index contributed by atoms with van der Waals surface area (Å²) in [4.78, 5) is 30.5. The van der Waals surface area contributed by atoms with Crippen LogP contribution in [0.4, 0.5) is 4.39 Å². The number of nitrogens with zero attached hydrogens (tertiary/aromatic N) is 4. The topological polar surface area (TPSA) is 92.1 Å². The second-order valence-corrected chi connectivity index (χ2v) is 8.44. The number of amides is 1. The molecular formula is C19H17FN4O4S. The lowest BCUT2D eigenvalue weighted by Gasteiger charge is -2.33. The van der Waals surface area contributed by atoms with Gasteiger partial charge in [0.1, 0.15) is 21.9 Å². The number of pyridine rings is 1. The molecule has 0 N–H and O–H groups in total. The Labute approximate surface area is 165 Å². The Morgan fingerprint density at radius 3 is 2.41 bits per heavy atom. The Morgan fingerprint density at radius 2 is 1.69 bits per heavy atom. The van der Waals surface area contributed by atoms with Crippen molar-refractivity contribution in [2.24, 2.45) is 0 Å². The minimum Gasteiger partial charge on any atom is -0.336 e. The van der Waals surface area contributed by atoms with Crippen molar-refractivity contribution in [1.29, 1.82) is 0 Å². The van der Waals surface area contributed by atoms with Gasteiger partial charge in [-0.25, -0.2) is 17.8 Å². The summed E-state index contributed by atoms with van der Waals surface area (Å²) in [7, 11) is -4.00. The average Bonchev–Trinajstić information content (AvgIpc) is 2.74. The Hall–Kier alpha value is -3.11. The van der Waals surface area contributed by atoms with Gasteiger partial charge in [0.2, 0.25) is 10.0 Å². The molecule has 1 aliphatic heterocycles. The highest BCUT2D eigenvalue weighted by Crippen LogP contribution is 2.20. The molecule has 150 valence electrons. The first-order chi connectivity index (χ1) is 13.9. The van der Waals surface area contributed by atoms with E-state index < -0.39 is 32.2 Å². The van der Waals surface area contributed by atoms with Gasteiger partial charge in [0.15, 0.2) is 0 Å². The lowest BCUT2D eigenvalue weighted by atomic mass is 10.2. The first-order valence-electron chi connectivity index (χ1n) is 8.90. The van der Waals surface area contributed by atoms with E-state index in [0.29, 0.717) is 5.65 Å². The third-order valence-corrected chi connectivity index (χ3v) is 6.76. The van der Waals surface area contributed by atoms with Crippen LogP contribution in [0.5, 0.6) is 0 Å². The molecule has 3 heterocycles. The summed E-state index contributed by atoms with van der Waals surface area (Å²) in [6, 6.07) is 10.2. The monoisotopic (exact) mass is 416 g/mol. The second kappa shape index (κ2) is 7.37. The molecule has 2 aromatic heterocycles. The van der Waals surface area contributed by atoms with E-state index in [9.17, 15) is 22.4 Å². The summed E-state index contributed by atoms with van der Waals surface area (Å²) in [5.41, 5.74) is -0.143. The number of hydrogen-bond acceptors (Lipinski definition) is 5. The van der Waals surface area contributed by atoms with Crippen molar-refractivity contribution < 1.29 is 17.6 Å². The van der Waals surface area contributed by atoms with Crippen LogP contribution in [0.25, 0.3) is 5.65 Å². The maximum absolute atomic E-state index is 13.9. The average molecular weight is 416 g/mol. The van der Waals surface area contributed by atoms with Gasteiger partial charge >= 0.3 is 0 Å². The molecule has 0 spiro atoms. The Kier molecular flexibility index (Phi) is 4.89. The molecule has 1 saturated heterocycles. The number of fused-ring (bicyclic) bond motifs is 1. The van der Waals surface area contributed by atoms with Gasteiger partial charge in [0.25, 0.3) is 11.5 Å². The SMILES string of the molecule is O=C(c1cnc2ccccn2c1=O)N1CCN(S(=O)(=O)c2ccccc2F)CC1. The standard InChI is InChI=1S/C19H17FN4O4S/c20-15-5-1-2-6-16(15)29(27,28)23-11-9-22(10-12-23)18(25)14-13-21-17-7-3-4-8-24(17)19(14)26/h1-8,13H,9-12H2. The van der Waals surface area contributed by atoms with Crippen molar-refractivity contribution in [3.8, 4) is 0 Å². The third kappa shape index (κ3) is 3.40. The fraction of sp³-hybridized carbons (Fsp3) is 0.211. The number of halogens is 1. The molecule has 1 fully saturated rings. The zero-order valence-corrected chi connectivity index (χ0v) is 16.0. The van der Waals surface area contributed by atoms with Crippen LogP contribution in [0.2, 0.25) is 0 Å².